The number of carbonyl (C=O) groups is 1. The molecule has 2 aromatic rings. The van der Waals surface area contributed by atoms with Gasteiger partial charge in [0.25, 0.3) is 0 Å². The summed E-state index contributed by atoms with van der Waals surface area (Å²) in [5, 5.41) is 11.5. The first-order chi connectivity index (χ1) is 9.28. The topological polar surface area (TPSA) is 70.7 Å². The van der Waals surface area contributed by atoms with Crippen LogP contribution in [0.5, 0.6) is 0 Å². The smallest absolute Gasteiger partial charge is 0.224 e. The molecule has 0 bridgehead atoms. The molecule has 0 aliphatic carbocycles. The molecule has 1 aromatic carbocycles. The van der Waals surface area contributed by atoms with Crippen molar-refractivity contribution in [3.8, 4) is 6.07 Å². The van der Waals surface area contributed by atoms with E-state index in [1.54, 1.807) is 36.8 Å². The summed E-state index contributed by atoms with van der Waals surface area (Å²) in [6, 6.07) is 8.86. The number of amides is 1. The molecular weight excluding hydrogens is 240 g/mol. The van der Waals surface area contributed by atoms with E-state index in [1.807, 2.05) is 16.8 Å². The van der Waals surface area contributed by atoms with Crippen molar-refractivity contribution < 1.29 is 4.79 Å². The van der Waals surface area contributed by atoms with Gasteiger partial charge in [0.05, 0.1) is 18.0 Å². The predicted molar refractivity (Wildman–Crippen MR) is 71.2 cm³/mol. The van der Waals surface area contributed by atoms with E-state index in [0.29, 0.717) is 17.7 Å². The highest BCUT2D eigenvalue weighted by Crippen LogP contribution is 2.09. The Morgan fingerprint density at radius 2 is 2.16 bits per heavy atom. The lowest BCUT2D eigenvalue weighted by Crippen LogP contribution is -2.12. The minimum absolute atomic E-state index is 0.0233. The molecule has 0 fully saturated rings. The minimum atomic E-state index is -0.0233. The molecule has 1 N–H and O–H groups in total. The third-order valence-corrected chi connectivity index (χ3v) is 2.68. The van der Waals surface area contributed by atoms with Crippen molar-refractivity contribution in [1.29, 1.82) is 5.26 Å². The van der Waals surface area contributed by atoms with Crippen molar-refractivity contribution in [2.24, 2.45) is 0 Å². The van der Waals surface area contributed by atoms with Gasteiger partial charge in [0, 0.05) is 31.0 Å². The number of imidazole rings is 1. The van der Waals surface area contributed by atoms with Gasteiger partial charge in [0.1, 0.15) is 0 Å². The lowest BCUT2D eigenvalue weighted by atomic mass is 10.2. The molecular formula is C14H14N4O. The van der Waals surface area contributed by atoms with Crippen LogP contribution in [-0.4, -0.2) is 15.5 Å². The van der Waals surface area contributed by atoms with Crippen LogP contribution in [0.1, 0.15) is 18.4 Å². The van der Waals surface area contributed by atoms with Crippen LogP contribution < -0.4 is 5.32 Å². The molecule has 0 spiro atoms. The van der Waals surface area contributed by atoms with Crippen molar-refractivity contribution in [3.63, 3.8) is 0 Å². The zero-order valence-corrected chi connectivity index (χ0v) is 10.4. The van der Waals surface area contributed by atoms with Crippen molar-refractivity contribution in [2.75, 3.05) is 5.32 Å². The highest BCUT2D eigenvalue weighted by molar-refractivity contribution is 5.90. The maximum atomic E-state index is 11.7. The van der Waals surface area contributed by atoms with Crippen LogP contribution in [0.2, 0.25) is 0 Å². The number of benzene rings is 1. The van der Waals surface area contributed by atoms with Gasteiger partial charge in [0.2, 0.25) is 5.91 Å². The molecule has 0 radical (unpaired) electrons. The van der Waals surface area contributed by atoms with Gasteiger partial charge in [-0.25, -0.2) is 4.98 Å². The lowest BCUT2D eigenvalue weighted by molar-refractivity contribution is -0.116. The average molecular weight is 254 g/mol. The molecule has 19 heavy (non-hydrogen) atoms. The molecule has 1 heterocycles. The second-order valence-corrected chi connectivity index (χ2v) is 4.14. The maximum absolute atomic E-state index is 11.7. The highest BCUT2D eigenvalue weighted by Gasteiger charge is 2.02. The molecule has 1 aromatic heterocycles. The van der Waals surface area contributed by atoms with Gasteiger partial charge in [-0.1, -0.05) is 0 Å². The van der Waals surface area contributed by atoms with Gasteiger partial charge >= 0.3 is 0 Å². The largest absolute Gasteiger partial charge is 0.337 e. The molecule has 5 nitrogen and oxygen atoms in total. The average Bonchev–Trinajstić information content (AvgIpc) is 2.93. The molecule has 5 heteroatoms. The number of aryl methyl sites for hydroxylation is 1. The quantitative estimate of drug-likeness (QED) is 0.888. The van der Waals surface area contributed by atoms with Crippen LogP contribution in [0, 0.1) is 11.3 Å². The van der Waals surface area contributed by atoms with E-state index >= 15 is 0 Å². The molecule has 1 amide bonds. The van der Waals surface area contributed by atoms with E-state index in [2.05, 4.69) is 10.3 Å². The van der Waals surface area contributed by atoms with Crippen LogP contribution in [0.4, 0.5) is 5.69 Å². The van der Waals surface area contributed by atoms with E-state index < -0.39 is 0 Å². The molecule has 2 rings (SSSR count). The van der Waals surface area contributed by atoms with Crippen LogP contribution >= 0.6 is 0 Å². The van der Waals surface area contributed by atoms with Crippen molar-refractivity contribution in [1.82, 2.24) is 9.55 Å². The number of hydrogen-bond donors (Lipinski definition) is 1. The Bertz CT molecular complexity index is 566. The van der Waals surface area contributed by atoms with Crippen LogP contribution in [0.25, 0.3) is 0 Å². The summed E-state index contributed by atoms with van der Waals surface area (Å²) in [6.45, 7) is 0.779. The molecule has 0 unspecified atom stereocenters. The van der Waals surface area contributed by atoms with E-state index in [-0.39, 0.29) is 5.91 Å². The zero-order chi connectivity index (χ0) is 13.5. The summed E-state index contributed by atoms with van der Waals surface area (Å²) in [7, 11) is 0. The molecule has 0 aliphatic heterocycles. The van der Waals surface area contributed by atoms with Gasteiger partial charge in [0.15, 0.2) is 0 Å². The summed E-state index contributed by atoms with van der Waals surface area (Å²) in [4.78, 5) is 15.6. The Morgan fingerprint density at radius 1 is 1.37 bits per heavy atom. The Hall–Kier alpha value is -2.61. The third kappa shape index (κ3) is 3.96. The number of nitrogens with zero attached hydrogens (tertiary/aromatic N) is 3. The van der Waals surface area contributed by atoms with Gasteiger partial charge < -0.3 is 9.88 Å². The second kappa shape index (κ2) is 6.36. The first kappa shape index (κ1) is 12.8. The van der Waals surface area contributed by atoms with Crippen LogP contribution in [0.3, 0.4) is 0 Å². The number of aromatic nitrogens is 2. The number of rotatable bonds is 5. The summed E-state index contributed by atoms with van der Waals surface area (Å²) < 4.78 is 1.94. The standard InChI is InChI=1S/C14H14N4O/c15-10-12-3-5-13(6-4-12)17-14(19)2-1-8-18-9-7-16-11-18/h3-7,9,11H,1-2,8H2,(H,17,19). The minimum Gasteiger partial charge on any atom is -0.337 e. The fourth-order valence-corrected chi connectivity index (χ4v) is 1.69. The Labute approximate surface area is 111 Å². The SMILES string of the molecule is N#Cc1ccc(NC(=O)CCCn2ccnc2)cc1. The summed E-state index contributed by atoms with van der Waals surface area (Å²) in [5.74, 6) is -0.0233. The Kier molecular flexibility index (Phi) is 4.29. The van der Waals surface area contributed by atoms with E-state index in [0.717, 1.165) is 13.0 Å². The molecule has 0 saturated heterocycles. The third-order valence-electron chi connectivity index (χ3n) is 2.68. The van der Waals surface area contributed by atoms with Crippen molar-refractivity contribution >= 4 is 11.6 Å². The van der Waals surface area contributed by atoms with Gasteiger partial charge in [-0.2, -0.15) is 5.26 Å². The first-order valence-corrected chi connectivity index (χ1v) is 6.04. The first-order valence-electron chi connectivity index (χ1n) is 6.04. The lowest BCUT2D eigenvalue weighted by Gasteiger charge is -2.05. The van der Waals surface area contributed by atoms with E-state index in [9.17, 15) is 4.79 Å². The summed E-state index contributed by atoms with van der Waals surface area (Å²) >= 11 is 0. The van der Waals surface area contributed by atoms with Crippen molar-refractivity contribution in [2.45, 2.75) is 19.4 Å². The van der Waals surface area contributed by atoms with Crippen molar-refractivity contribution in [3.05, 3.63) is 48.5 Å². The second-order valence-electron chi connectivity index (χ2n) is 4.14. The molecule has 0 aliphatic rings. The number of nitrogens with one attached hydrogen (secondary N) is 1. The zero-order valence-electron chi connectivity index (χ0n) is 10.4. The Morgan fingerprint density at radius 3 is 2.79 bits per heavy atom. The molecule has 0 atom stereocenters. The predicted octanol–water partition coefficient (Wildman–Crippen LogP) is 2.17. The highest BCUT2D eigenvalue weighted by atomic mass is 16.1. The number of carbonyl (C=O) groups excluding carboxylic acids is 1. The monoisotopic (exact) mass is 254 g/mol. The number of anilines is 1. The van der Waals surface area contributed by atoms with Gasteiger partial charge in [-0.15, -0.1) is 0 Å². The fourth-order valence-electron chi connectivity index (χ4n) is 1.69. The number of nitriles is 1. The summed E-state index contributed by atoms with van der Waals surface area (Å²) in [6.07, 6.45) is 6.55. The van der Waals surface area contributed by atoms with Gasteiger partial charge in [-0.05, 0) is 30.7 Å². The maximum Gasteiger partial charge on any atom is 0.224 e. The van der Waals surface area contributed by atoms with Crippen LogP contribution in [-0.2, 0) is 11.3 Å². The van der Waals surface area contributed by atoms with Crippen LogP contribution in [0.15, 0.2) is 43.0 Å². The van der Waals surface area contributed by atoms with Gasteiger partial charge in [-0.3, -0.25) is 4.79 Å². The summed E-state index contributed by atoms with van der Waals surface area (Å²) in [5.41, 5.74) is 1.30. The van der Waals surface area contributed by atoms with E-state index in [4.69, 9.17) is 5.26 Å². The normalized spacial score (nSPS) is 9.84. The number of hydrogen-bond acceptors (Lipinski definition) is 3. The molecule has 96 valence electrons. The fraction of sp³-hybridized carbons (Fsp3) is 0.214. The molecule has 0 saturated carbocycles. The Balaban J connectivity index is 1.76. The van der Waals surface area contributed by atoms with E-state index in [1.165, 1.54) is 0 Å².